The van der Waals surface area contributed by atoms with Gasteiger partial charge in [0.05, 0.1) is 23.4 Å². The number of halogens is 1. The first-order chi connectivity index (χ1) is 15.1. The molecule has 32 heavy (non-hydrogen) atoms. The summed E-state index contributed by atoms with van der Waals surface area (Å²) in [5.74, 6) is 1.22. The Bertz CT molecular complexity index is 900. The molecular weight excluding hydrogens is 521 g/mol. The van der Waals surface area contributed by atoms with Crippen molar-refractivity contribution in [3.63, 3.8) is 0 Å². The zero-order chi connectivity index (χ0) is 22.2. The number of aromatic nitrogens is 1. The zero-order valence-corrected chi connectivity index (χ0v) is 21.3. The molecule has 0 atom stereocenters. The Morgan fingerprint density at radius 1 is 1.03 bits per heavy atom. The number of nitrogens with one attached hydrogen (secondary N) is 2. The van der Waals surface area contributed by atoms with Crippen molar-refractivity contribution in [2.24, 2.45) is 4.99 Å². The molecule has 1 aliphatic heterocycles. The number of imide groups is 1. The van der Waals surface area contributed by atoms with Crippen LogP contribution >= 0.6 is 24.0 Å². The van der Waals surface area contributed by atoms with Crippen LogP contribution in [0.25, 0.3) is 0 Å². The van der Waals surface area contributed by atoms with Crippen molar-refractivity contribution < 1.29 is 14.1 Å². The van der Waals surface area contributed by atoms with Crippen LogP contribution in [0.2, 0.25) is 0 Å². The van der Waals surface area contributed by atoms with E-state index in [1.54, 1.807) is 24.3 Å². The van der Waals surface area contributed by atoms with Crippen LogP contribution < -0.4 is 10.6 Å². The fourth-order valence-corrected chi connectivity index (χ4v) is 3.66. The molecule has 3 rings (SSSR count). The number of guanidine groups is 1. The van der Waals surface area contributed by atoms with E-state index in [9.17, 15) is 9.59 Å². The second kappa shape index (κ2) is 12.6. The Morgan fingerprint density at radius 2 is 1.72 bits per heavy atom. The Balaban J connectivity index is 0.00000363. The molecule has 0 unspecified atom stereocenters. The predicted molar refractivity (Wildman–Crippen MR) is 135 cm³/mol. The summed E-state index contributed by atoms with van der Waals surface area (Å²) in [5, 5.41) is 10.7. The lowest BCUT2D eigenvalue weighted by molar-refractivity contribution is 0.0652. The molecule has 1 aliphatic rings. The van der Waals surface area contributed by atoms with Gasteiger partial charge >= 0.3 is 0 Å². The van der Waals surface area contributed by atoms with E-state index < -0.39 is 0 Å². The molecule has 2 amide bonds. The highest BCUT2D eigenvalue weighted by Gasteiger charge is 2.34. The third-order valence-corrected chi connectivity index (χ3v) is 5.33. The van der Waals surface area contributed by atoms with Crippen LogP contribution in [0.4, 0.5) is 0 Å². The van der Waals surface area contributed by atoms with Gasteiger partial charge < -0.3 is 15.2 Å². The van der Waals surface area contributed by atoms with E-state index in [0.717, 1.165) is 55.2 Å². The number of hydrogen-bond acceptors (Lipinski definition) is 5. The molecule has 0 fully saturated rings. The van der Waals surface area contributed by atoms with Crippen LogP contribution in [-0.2, 0) is 19.4 Å². The van der Waals surface area contributed by atoms with Gasteiger partial charge in [-0.15, -0.1) is 24.0 Å². The van der Waals surface area contributed by atoms with Gasteiger partial charge in [0.15, 0.2) is 5.96 Å². The lowest BCUT2D eigenvalue weighted by atomic mass is 10.1. The van der Waals surface area contributed by atoms with Crippen LogP contribution in [0.1, 0.15) is 71.3 Å². The minimum Gasteiger partial charge on any atom is -0.361 e. The summed E-state index contributed by atoms with van der Waals surface area (Å²) in [4.78, 5) is 30.8. The molecule has 1 aromatic heterocycles. The van der Waals surface area contributed by atoms with Gasteiger partial charge in [-0.1, -0.05) is 31.1 Å². The Kier molecular flexibility index (Phi) is 10.1. The first-order valence-electron chi connectivity index (χ1n) is 11.0. The predicted octanol–water partition coefficient (Wildman–Crippen LogP) is 3.55. The van der Waals surface area contributed by atoms with Crippen LogP contribution in [0.5, 0.6) is 0 Å². The third kappa shape index (κ3) is 5.87. The molecule has 0 saturated carbocycles. The van der Waals surface area contributed by atoms with Gasteiger partial charge in [-0.3, -0.25) is 14.5 Å². The van der Waals surface area contributed by atoms with E-state index in [2.05, 4.69) is 27.7 Å². The molecule has 0 aliphatic carbocycles. The summed E-state index contributed by atoms with van der Waals surface area (Å²) < 4.78 is 5.41. The zero-order valence-electron chi connectivity index (χ0n) is 18.9. The smallest absolute Gasteiger partial charge is 0.261 e. The van der Waals surface area contributed by atoms with Gasteiger partial charge in [0.1, 0.15) is 5.76 Å². The van der Waals surface area contributed by atoms with E-state index in [1.807, 2.05) is 13.8 Å². The normalized spacial score (nSPS) is 13.2. The molecule has 2 aromatic rings. The molecule has 0 saturated heterocycles. The minimum atomic E-state index is -0.198. The number of amides is 2. The van der Waals surface area contributed by atoms with Crippen molar-refractivity contribution in [3.05, 3.63) is 52.4 Å². The van der Waals surface area contributed by atoms with Gasteiger partial charge in [-0.2, -0.15) is 0 Å². The summed E-state index contributed by atoms with van der Waals surface area (Å²) in [7, 11) is 0. The van der Waals surface area contributed by atoms with Gasteiger partial charge in [0.25, 0.3) is 11.8 Å². The maximum atomic E-state index is 12.4. The standard InChI is InChI=1S/C23H31N5O3.HI/c1-4-19-18(20(5-2)31-27-19)15-26-23(24-6-3)25-13-9-10-14-28-21(29)16-11-7-8-12-17(16)22(28)30;/h7-8,11-12H,4-6,9-10,13-15H2,1-3H3,(H2,24,25,26);1H. The Hall–Kier alpha value is -2.43. The number of carbonyl (C=O) groups excluding carboxylic acids is 2. The van der Waals surface area contributed by atoms with Crippen LogP contribution in [0, 0.1) is 0 Å². The maximum absolute atomic E-state index is 12.4. The van der Waals surface area contributed by atoms with E-state index in [0.29, 0.717) is 30.8 Å². The number of aryl methyl sites for hydroxylation is 2. The molecule has 1 aromatic carbocycles. The van der Waals surface area contributed by atoms with E-state index in [1.165, 1.54) is 4.90 Å². The Labute approximate surface area is 206 Å². The third-order valence-electron chi connectivity index (χ3n) is 5.33. The molecular formula is C23H32IN5O3. The highest BCUT2D eigenvalue weighted by atomic mass is 127. The lowest BCUT2D eigenvalue weighted by Gasteiger charge is -2.14. The van der Waals surface area contributed by atoms with Crippen molar-refractivity contribution in [1.82, 2.24) is 20.7 Å². The van der Waals surface area contributed by atoms with Gasteiger partial charge in [-0.05, 0) is 38.3 Å². The van der Waals surface area contributed by atoms with E-state index in [4.69, 9.17) is 4.52 Å². The minimum absolute atomic E-state index is 0. The van der Waals surface area contributed by atoms with E-state index >= 15 is 0 Å². The largest absolute Gasteiger partial charge is 0.361 e. The monoisotopic (exact) mass is 553 g/mol. The number of nitrogens with zero attached hydrogens (tertiary/aromatic N) is 3. The highest BCUT2D eigenvalue weighted by Crippen LogP contribution is 2.22. The van der Waals surface area contributed by atoms with Crippen LogP contribution in [0.3, 0.4) is 0 Å². The summed E-state index contributed by atoms with van der Waals surface area (Å²) in [6.07, 6.45) is 3.14. The molecule has 2 N–H and O–H groups in total. The summed E-state index contributed by atoms with van der Waals surface area (Å²) >= 11 is 0. The van der Waals surface area contributed by atoms with Crippen molar-refractivity contribution in [2.45, 2.75) is 53.0 Å². The van der Waals surface area contributed by atoms with Crippen LogP contribution in [0.15, 0.2) is 33.8 Å². The fourth-order valence-electron chi connectivity index (χ4n) is 3.66. The summed E-state index contributed by atoms with van der Waals surface area (Å²) in [6.45, 7) is 8.51. The molecule has 9 heteroatoms. The average molecular weight is 553 g/mol. The average Bonchev–Trinajstić information content (AvgIpc) is 3.30. The molecule has 2 heterocycles. The summed E-state index contributed by atoms with van der Waals surface area (Å²) in [6, 6.07) is 6.98. The fraction of sp³-hybridized carbons (Fsp3) is 0.478. The van der Waals surface area contributed by atoms with Crippen molar-refractivity contribution in [2.75, 3.05) is 19.6 Å². The van der Waals surface area contributed by atoms with Crippen molar-refractivity contribution in [1.29, 1.82) is 0 Å². The first kappa shape index (κ1) is 25.8. The second-order valence-electron chi connectivity index (χ2n) is 7.37. The molecule has 0 radical (unpaired) electrons. The lowest BCUT2D eigenvalue weighted by Crippen LogP contribution is -2.38. The summed E-state index contributed by atoms with van der Waals surface area (Å²) in [5.41, 5.74) is 3.02. The number of hydrogen-bond donors (Lipinski definition) is 2. The molecule has 0 bridgehead atoms. The van der Waals surface area contributed by atoms with Gasteiger partial charge in [0, 0.05) is 31.6 Å². The van der Waals surface area contributed by atoms with Crippen molar-refractivity contribution >= 4 is 41.8 Å². The first-order valence-corrected chi connectivity index (χ1v) is 11.0. The number of aliphatic imine (C=N–C) groups is 1. The van der Waals surface area contributed by atoms with E-state index in [-0.39, 0.29) is 35.8 Å². The van der Waals surface area contributed by atoms with Gasteiger partial charge in [0.2, 0.25) is 0 Å². The second-order valence-corrected chi connectivity index (χ2v) is 7.37. The number of benzene rings is 1. The number of rotatable bonds is 10. The van der Waals surface area contributed by atoms with Crippen LogP contribution in [-0.4, -0.2) is 47.5 Å². The quantitative estimate of drug-likeness (QED) is 0.154. The maximum Gasteiger partial charge on any atom is 0.261 e. The highest BCUT2D eigenvalue weighted by molar-refractivity contribution is 14.0. The van der Waals surface area contributed by atoms with Crippen molar-refractivity contribution in [3.8, 4) is 0 Å². The number of unbranched alkanes of at least 4 members (excludes halogenated alkanes) is 1. The molecule has 8 nitrogen and oxygen atoms in total. The SMILES string of the molecule is CCNC(=NCc1c(CC)noc1CC)NCCCCN1C(=O)c2ccccc2C1=O.I. The molecule has 174 valence electrons. The van der Waals surface area contributed by atoms with Gasteiger partial charge in [-0.25, -0.2) is 4.99 Å². The Morgan fingerprint density at radius 3 is 2.31 bits per heavy atom. The topological polar surface area (TPSA) is 99.8 Å². The number of carbonyl (C=O) groups is 2. The number of fused-ring (bicyclic) bond motifs is 1. The molecule has 0 spiro atoms.